The van der Waals surface area contributed by atoms with Gasteiger partial charge in [-0.2, -0.15) is 8.42 Å². The largest absolute Gasteiger partial charge is 1.00 e. The van der Waals surface area contributed by atoms with Gasteiger partial charge in [0, 0.05) is 0 Å². The molecule has 2 aromatic carbocycles. The summed E-state index contributed by atoms with van der Waals surface area (Å²) in [5, 5.41) is 12.5. The Bertz CT molecular complexity index is 900. The van der Waals surface area contributed by atoms with E-state index in [-0.39, 0.29) is 67.8 Å². The van der Waals surface area contributed by atoms with Gasteiger partial charge in [0.1, 0.15) is 16.4 Å². The fourth-order valence-electron chi connectivity index (χ4n) is 3.83. The standard InChI is InChI=1S/C26H38O5S.K/c1-2-3-4-5-6-7-8-9-10-11-12-14-17-22-20-26(32(28,29)30)25(21-24(22)27)31-23-18-15-13-16-19-23;/h13,15-16,18-21,27H,2-12,14,17H2,1H3,(H,28,29,30);/q;+1/p-1. The van der Waals surface area contributed by atoms with Crippen molar-refractivity contribution in [2.45, 2.75) is 95.3 Å². The second-order valence-corrected chi connectivity index (χ2v) is 9.83. The van der Waals surface area contributed by atoms with E-state index < -0.39 is 10.1 Å². The van der Waals surface area contributed by atoms with Gasteiger partial charge in [-0.15, -0.1) is 5.75 Å². The van der Waals surface area contributed by atoms with Crippen LogP contribution in [-0.4, -0.2) is 13.0 Å². The normalized spacial score (nSPS) is 11.2. The van der Waals surface area contributed by atoms with Crippen LogP contribution in [0.15, 0.2) is 47.4 Å². The first-order chi connectivity index (χ1) is 15.4. The van der Waals surface area contributed by atoms with Gasteiger partial charge in [0.25, 0.3) is 10.1 Å². The first-order valence-electron chi connectivity index (χ1n) is 12.0. The second kappa shape index (κ2) is 17.1. The minimum absolute atomic E-state index is 0. The van der Waals surface area contributed by atoms with Gasteiger partial charge in [0.2, 0.25) is 0 Å². The Morgan fingerprint density at radius 2 is 1.33 bits per heavy atom. The van der Waals surface area contributed by atoms with E-state index in [0.29, 0.717) is 17.7 Å². The van der Waals surface area contributed by atoms with Crippen molar-refractivity contribution in [2.75, 3.05) is 0 Å². The molecule has 0 aliphatic rings. The SMILES string of the molecule is CCCCCCCCCCCCCCc1cc(S(=O)(=O)O)c(Oc2ccccc2)cc1[O-].[K+]. The zero-order chi connectivity index (χ0) is 23.2. The molecular formula is C26H37KO5S. The van der Waals surface area contributed by atoms with E-state index in [1.54, 1.807) is 30.3 Å². The van der Waals surface area contributed by atoms with E-state index >= 15 is 0 Å². The van der Waals surface area contributed by atoms with E-state index in [2.05, 4.69) is 6.92 Å². The Morgan fingerprint density at radius 3 is 1.85 bits per heavy atom. The summed E-state index contributed by atoms with van der Waals surface area (Å²) in [5.41, 5.74) is 0.394. The van der Waals surface area contributed by atoms with Crippen LogP contribution in [0, 0.1) is 0 Å². The van der Waals surface area contributed by atoms with Crippen LogP contribution in [0.2, 0.25) is 0 Å². The zero-order valence-electron chi connectivity index (χ0n) is 20.2. The number of unbranched alkanes of at least 4 members (excludes halogenated alkanes) is 11. The summed E-state index contributed by atoms with van der Waals surface area (Å²) in [7, 11) is -4.51. The Morgan fingerprint density at radius 1 is 0.818 bits per heavy atom. The van der Waals surface area contributed by atoms with Gasteiger partial charge < -0.3 is 9.84 Å². The molecule has 0 saturated heterocycles. The zero-order valence-corrected chi connectivity index (χ0v) is 24.2. The molecule has 33 heavy (non-hydrogen) atoms. The van der Waals surface area contributed by atoms with Crippen LogP contribution in [0.4, 0.5) is 0 Å². The molecule has 0 unspecified atom stereocenters. The van der Waals surface area contributed by atoms with Crippen LogP contribution in [-0.2, 0) is 16.5 Å². The molecule has 0 amide bonds. The van der Waals surface area contributed by atoms with Gasteiger partial charge in [-0.25, -0.2) is 0 Å². The van der Waals surface area contributed by atoms with Crippen molar-refractivity contribution >= 4 is 10.1 Å². The van der Waals surface area contributed by atoms with Crippen LogP contribution in [0.5, 0.6) is 17.2 Å². The third kappa shape index (κ3) is 12.2. The minimum Gasteiger partial charge on any atom is -0.872 e. The summed E-state index contributed by atoms with van der Waals surface area (Å²) in [6.45, 7) is 2.24. The maximum absolute atomic E-state index is 12.5. The quantitative estimate of drug-likeness (QED) is 0.213. The summed E-state index contributed by atoms with van der Waals surface area (Å²) < 4.78 is 38.9. The van der Waals surface area contributed by atoms with Gasteiger partial charge >= 0.3 is 51.4 Å². The number of benzene rings is 2. The molecule has 1 N–H and O–H groups in total. The fraction of sp³-hybridized carbons (Fsp3) is 0.538. The summed E-state index contributed by atoms with van der Waals surface area (Å²) in [4.78, 5) is -0.366. The van der Waals surface area contributed by atoms with Crippen LogP contribution in [0.3, 0.4) is 0 Å². The van der Waals surface area contributed by atoms with Crippen LogP contribution in [0.25, 0.3) is 0 Å². The molecule has 2 rings (SSSR count). The van der Waals surface area contributed by atoms with E-state index in [0.717, 1.165) is 25.3 Å². The molecule has 0 atom stereocenters. The van der Waals surface area contributed by atoms with E-state index in [9.17, 15) is 18.1 Å². The molecule has 0 saturated carbocycles. The van der Waals surface area contributed by atoms with Crippen LogP contribution in [0.1, 0.15) is 89.5 Å². The summed E-state index contributed by atoms with van der Waals surface area (Å²) in [5.74, 6) is -0.0287. The molecule has 5 nitrogen and oxygen atoms in total. The number of rotatable bonds is 16. The number of hydrogen-bond acceptors (Lipinski definition) is 4. The number of aryl methyl sites for hydroxylation is 1. The first kappa shape index (κ1) is 30.6. The molecule has 0 spiro atoms. The van der Waals surface area contributed by atoms with Gasteiger partial charge in [-0.3, -0.25) is 4.55 Å². The summed E-state index contributed by atoms with van der Waals surface area (Å²) in [6, 6.07) is 11.0. The molecule has 0 bridgehead atoms. The minimum atomic E-state index is -4.51. The average molecular weight is 501 g/mol. The fourth-order valence-corrected chi connectivity index (χ4v) is 4.48. The van der Waals surface area contributed by atoms with Crippen molar-refractivity contribution in [1.82, 2.24) is 0 Å². The Kier molecular flexibility index (Phi) is 15.9. The van der Waals surface area contributed by atoms with Crippen molar-refractivity contribution in [3.8, 4) is 17.2 Å². The Labute approximate surface area is 242 Å². The third-order valence-corrected chi connectivity index (χ3v) is 6.55. The first-order valence-corrected chi connectivity index (χ1v) is 13.4. The molecule has 0 aliphatic carbocycles. The Hall–Kier alpha value is -0.414. The van der Waals surface area contributed by atoms with E-state index in [1.807, 2.05) is 0 Å². The van der Waals surface area contributed by atoms with Crippen molar-refractivity contribution in [3.63, 3.8) is 0 Å². The molecule has 0 heterocycles. The van der Waals surface area contributed by atoms with E-state index in [4.69, 9.17) is 4.74 Å². The van der Waals surface area contributed by atoms with Gasteiger partial charge in [0.15, 0.2) is 0 Å². The smallest absolute Gasteiger partial charge is 0.872 e. The number of para-hydroxylation sites is 1. The van der Waals surface area contributed by atoms with Gasteiger partial charge in [-0.1, -0.05) is 101 Å². The topological polar surface area (TPSA) is 86.7 Å². The van der Waals surface area contributed by atoms with Gasteiger partial charge in [-0.05, 0) is 37.1 Å². The maximum atomic E-state index is 12.5. The van der Waals surface area contributed by atoms with Crippen LogP contribution >= 0.6 is 0 Å². The predicted molar refractivity (Wildman–Crippen MR) is 127 cm³/mol. The summed E-state index contributed by atoms with van der Waals surface area (Å²) in [6.07, 6.45) is 15.2. The molecule has 7 heteroatoms. The van der Waals surface area contributed by atoms with Crippen molar-refractivity contribution in [2.24, 2.45) is 0 Å². The second-order valence-electron chi connectivity index (χ2n) is 8.44. The monoisotopic (exact) mass is 500 g/mol. The molecule has 0 fully saturated rings. The predicted octanol–water partition coefficient (Wildman–Crippen LogP) is 4.05. The summed E-state index contributed by atoms with van der Waals surface area (Å²) >= 11 is 0. The molecule has 0 aliphatic heterocycles. The average Bonchev–Trinajstić information content (AvgIpc) is 2.75. The van der Waals surface area contributed by atoms with Crippen molar-refractivity contribution < 1.29 is 74.2 Å². The molecule has 0 aromatic heterocycles. The van der Waals surface area contributed by atoms with Crippen LogP contribution < -0.4 is 61.2 Å². The number of ether oxygens (including phenoxy) is 1. The van der Waals surface area contributed by atoms with Crippen molar-refractivity contribution in [1.29, 1.82) is 0 Å². The van der Waals surface area contributed by atoms with Gasteiger partial charge in [0.05, 0.1) is 0 Å². The molecule has 178 valence electrons. The third-order valence-electron chi connectivity index (χ3n) is 5.68. The molecular weight excluding hydrogens is 463 g/mol. The number of hydrogen-bond donors (Lipinski definition) is 1. The van der Waals surface area contributed by atoms with E-state index in [1.165, 1.54) is 63.9 Å². The Balaban J connectivity index is 0.00000544. The maximum Gasteiger partial charge on any atom is 1.00 e. The van der Waals surface area contributed by atoms with Crippen molar-refractivity contribution in [3.05, 3.63) is 48.0 Å². The molecule has 2 aromatic rings. The molecule has 0 radical (unpaired) electrons.